The van der Waals surface area contributed by atoms with Crippen LogP contribution in [0.5, 0.6) is 0 Å². The van der Waals surface area contributed by atoms with Gasteiger partial charge >= 0.3 is 11.9 Å². The summed E-state index contributed by atoms with van der Waals surface area (Å²) in [6, 6.07) is 0. The van der Waals surface area contributed by atoms with Crippen molar-refractivity contribution in [1.29, 1.82) is 0 Å². The minimum Gasteiger partial charge on any atom is -0.466 e. The zero-order chi connectivity index (χ0) is 17.9. The quantitative estimate of drug-likeness (QED) is 0.256. The second kappa shape index (κ2) is 18.3. The van der Waals surface area contributed by atoms with Crippen molar-refractivity contribution < 1.29 is 19.1 Å². The van der Waals surface area contributed by atoms with Crippen molar-refractivity contribution in [1.82, 2.24) is 0 Å². The predicted octanol–water partition coefficient (Wildman–Crippen LogP) is 5.57. The molecule has 0 amide bonds. The zero-order valence-electron chi connectivity index (χ0n) is 15.9. The van der Waals surface area contributed by atoms with E-state index in [9.17, 15) is 9.59 Å². The third kappa shape index (κ3) is 17.3. The van der Waals surface area contributed by atoms with E-state index < -0.39 is 0 Å². The van der Waals surface area contributed by atoms with E-state index in [2.05, 4.69) is 13.8 Å². The number of hydrogen-bond acceptors (Lipinski definition) is 4. The second-order valence-corrected chi connectivity index (χ2v) is 6.48. The van der Waals surface area contributed by atoms with Gasteiger partial charge in [0.1, 0.15) is 0 Å². The number of ether oxygens (including phenoxy) is 2. The van der Waals surface area contributed by atoms with E-state index >= 15 is 0 Å². The molecular weight excluding hydrogens is 304 g/mol. The van der Waals surface area contributed by atoms with Gasteiger partial charge in [-0.25, -0.2) is 0 Å². The molecule has 0 unspecified atom stereocenters. The molecule has 0 heterocycles. The average Bonchev–Trinajstić information content (AvgIpc) is 2.57. The number of carbonyl (C=O) groups excluding carboxylic acids is 2. The lowest BCUT2D eigenvalue weighted by Gasteiger charge is -2.05. The average molecular weight is 343 g/mol. The van der Waals surface area contributed by atoms with E-state index in [-0.39, 0.29) is 11.9 Å². The Morgan fingerprint density at radius 3 is 1.21 bits per heavy atom. The van der Waals surface area contributed by atoms with Crippen molar-refractivity contribution in [2.45, 2.75) is 104 Å². The summed E-state index contributed by atoms with van der Waals surface area (Å²) in [4.78, 5) is 22.8. The molecule has 0 spiro atoms. The van der Waals surface area contributed by atoms with Gasteiger partial charge in [0, 0.05) is 12.8 Å². The maximum Gasteiger partial charge on any atom is 0.305 e. The Bertz CT molecular complexity index is 272. The normalized spacial score (nSPS) is 10.6. The Morgan fingerprint density at radius 1 is 0.542 bits per heavy atom. The van der Waals surface area contributed by atoms with E-state index in [0.29, 0.717) is 26.1 Å². The van der Waals surface area contributed by atoms with Gasteiger partial charge in [0.25, 0.3) is 0 Å². The fourth-order valence-electron chi connectivity index (χ4n) is 2.40. The van der Waals surface area contributed by atoms with Crippen molar-refractivity contribution in [2.24, 2.45) is 0 Å². The summed E-state index contributed by atoms with van der Waals surface area (Å²) in [5.74, 6) is -0.0939. The minimum atomic E-state index is -0.0470. The second-order valence-electron chi connectivity index (χ2n) is 6.48. The summed E-state index contributed by atoms with van der Waals surface area (Å²) in [5.41, 5.74) is 0. The molecule has 0 bridgehead atoms. The van der Waals surface area contributed by atoms with Crippen molar-refractivity contribution >= 4 is 11.9 Å². The Balaban J connectivity index is 3.20. The molecule has 0 aromatic heterocycles. The molecule has 0 radical (unpaired) electrons. The van der Waals surface area contributed by atoms with Gasteiger partial charge in [-0.1, -0.05) is 65.2 Å². The molecule has 0 saturated heterocycles. The summed E-state index contributed by atoms with van der Waals surface area (Å²) in [7, 11) is 0. The topological polar surface area (TPSA) is 52.6 Å². The van der Waals surface area contributed by atoms with E-state index in [1.165, 1.54) is 25.7 Å². The van der Waals surface area contributed by atoms with Gasteiger partial charge in [0.15, 0.2) is 0 Å². The molecule has 0 aromatic carbocycles. The lowest BCUT2D eigenvalue weighted by atomic mass is 10.1. The third-order valence-corrected chi connectivity index (χ3v) is 4.03. The summed E-state index contributed by atoms with van der Waals surface area (Å²) in [6.45, 7) is 5.32. The van der Waals surface area contributed by atoms with Crippen LogP contribution in [0, 0.1) is 0 Å². The van der Waals surface area contributed by atoms with E-state index in [0.717, 1.165) is 51.4 Å². The summed E-state index contributed by atoms with van der Waals surface area (Å²) < 4.78 is 10.3. The van der Waals surface area contributed by atoms with Gasteiger partial charge < -0.3 is 9.47 Å². The molecule has 0 saturated carbocycles. The lowest BCUT2D eigenvalue weighted by molar-refractivity contribution is -0.144. The monoisotopic (exact) mass is 342 g/mol. The molecule has 0 atom stereocenters. The van der Waals surface area contributed by atoms with Gasteiger partial charge in [0.2, 0.25) is 0 Å². The van der Waals surface area contributed by atoms with Crippen LogP contribution in [0.15, 0.2) is 0 Å². The number of esters is 2. The lowest BCUT2D eigenvalue weighted by Crippen LogP contribution is -2.05. The minimum absolute atomic E-state index is 0.0470. The van der Waals surface area contributed by atoms with Crippen LogP contribution in [0.25, 0.3) is 0 Å². The van der Waals surface area contributed by atoms with Crippen LogP contribution in [0.2, 0.25) is 0 Å². The van der Waals surface area contributed by atoms with Crippen LogP contribution >= 0.6 is 0 Å². The number of rotatable bonds is 17. The molecule has 0 N–H and O–H groups in total. The van der Waals surface area contributed by atoms with Crippen molar-refractivity contribution in [2.75, 3.05) is 13.2 Å². The molecule has 0 aromatic rings. The van der Waals surface area contributed by atoms with Crippen LogP contribution in [0.1, 0.15) is 104 Å². The fourth-order valence-corrected chi connectivity index (χ4v) is 2.40. The number of unbranched alkanes of at least 4 members (excludes halogenated alkanes) is 9. The van der Waals surface area contributed by atoms with Crippen molar-refractivity contribution in [3.05, 3.63) is 0 Å². The first-order valence-electron chi connectivity index (χ1n) is 10.0. The Labute approximate surface area is 148 Å². The number of carbonyl (C=O) groups is 2. The molecule has 4 heteroatoms. The standard InChI is InChI=1S/C20H38O4/c1-3-5-17-23-19(21)15-13-11-9-7-8-10-12-14-16-20(22)24-18-6-4-2/h3-18H2,1-2H3. The first kappa shape index (κ1) is 22.9. The highest BCUT2D eigenvalue weighted by Gasteiger charge is 2.03. The maximum absolute atomic E-state index is 11.4. The molecule has 0 aliphatic rings. The molecular formula is C20H38O4. The molecule has 0 fully saturated rings. The number of hydrogen-bond donors (Lipinski definition) is 0. The van der Waals surface area contributed by atoms with Crippen LogP contribution in [-0.4, -0.2) is 25.2 Å². The largest absolute Gasteiger partial charge is 0.466 e. The van der Waals surface area contributed by atoms with Crippen molar-refractivity contribution in [3.63, 3.8) is 0 Å². The van der Waals surface area contributed by atoms with Crippen molar-refractivity contribution in [3.8, 4) is 0 Å². The van der Waals surface area contributed by atoms with E-state index in [1.54, 1.807) is 0 Å². The molecule has 24 heavy (non-hydrogen) atoms. The first-order valence-corrected chi connectivity index (χ1v) is 10.0. The maximum atomic E-state index is 11.4. The van der Waals surface area contributed by atoms with Gasteiger partial charge in [-0.15, -0.1) is 0 Å². The SMILES string of the molecule is CCCCOC(=O)CCCCCCCCCCC(=O)OCCCC. The van der Waals surface area contributed by atoms with Gasteiger partial charge in [-0.05, 0) is 25.7 Å². The molecule has 142 valence electrons. The highest BCUT2D eigenvalue weighted by Crippen LogP contribution is 2.11. The Hall–Kier alpha value is -1.06. The van der Waals surface area contributed by atoms with Crippen LogP contribution in [0.3, 0.4) is 0 Å². The molecule has 0 aliphatic carbocycles. The Morgan fingerprint density at radius 2 is 0.875 bits per heavy atom. The zero-order valence-corrected chi connectivity index (χ0v) is 15.9. The van der Waals surface area contributed by atoms with Crippen LogP contribution < -0.4 is 0 Å². The highest BCUT2D eigenvalue weighted by molar-refractivity contribution is 5.69. The summed E-state index contributed by atoms with van der Waals surface area (Å²) >= 11 is 0. The van der Waals surface area contributed by atoms with Gasteiger partial charge in [-0.2, -0.15) is 0 Å². The summed E-state index contributed by atoms with van der Waals surface area (Å²) in [5, 5.41) is 0. The van der Waals surface area contributed by atoms with Gasteiger partial charge in [-0.3, -0.25) is 9.59 Å². The predicted molar refractivity (Wildman–Crippen MR) is 97.9 cm³/mol. The smallest absolute Gasteiger partial charge is 0.305 e. The van der Waals surface area contributed by atoms with Crippen LogP contribution in [-0.2, 0) is 19.1 Å². The summed E-state index contributed by atoms with van der Waals surface area (Å²) in [6.07, 6.45) is 14.0. The Kier molecular flexibility index (Phi) is 17.5. The highest BCUT2D eigenvalue weighted by atomic mass is 16.5. The van der Waals surface area contributed by atoms with Gasteiger partial charge in [0.05, 0.1) is 13.2 Å². The fraction of sp³-hybridized carbons (Fsp3) is 0.900. The first-order chi connectivity index (χ1) is 11.7. The molecule has 4 nitrogen and oxygen atoms in total. The molecule has 0 aliphatic heterocycles. The molecule has 0 rings (SSSR count). The third-order valence-electron chi connectivity index (χ3n) is 4.03. The van der Waals surface area contributed by atoms with E-state index in [1.807, 2.05) is 0 Å². The van der Waals surface area contributed by atoms with E-state index in [4.69, 9.17) is 9.47 Å². The van der Waals surface area contributed by atoms with Crippen LogP contribution in [0.4, 0.5) is 0 Å².